The van der Waals surface area contributed by atoms with E-state index >= 15 is 0 Å². The minimum atomic E-state index is -0.708. The van der Waals surface area contributed by atoms with E-state index in [1.165, 1.54) is 25.6 Å². The molecule has 2 rings (SSSR count). The lowest BCUT2D eigenvalue weighted by atomic mass is 10.1. The molecule has 1 N–H and O–H groups in total. The first-order valence-electron chi connectivity index (χ1n) is 7.61. The Morgan fingerprint density at radius 2 is 1.63 bits per heavy atom. The van der Waals surface area contributed by atoms with Crippen molar-refractivity contribution in [2.45, 2.75) is 13.8 Å². The molecule has 0 saturated carbocycles. The second-order valence-electron chi connectivity index (χ2n) is 5.28. The number of carbonyl (C=O) groups is 4. The number of hydrogen-bond donors (Lipinski definition) is 1. The summed E-state index contributed by atoms with van der Waals surface area (Å²) in [6, 6.07) is 3.38. The van der Waals surface area contributed by atoms with E-state index in [1.54, 1.807) is 19.1 Å². The van der Waals surface area contributed by atoms with Gasteiger partial charge in [0.25, 0.3) is 5.91 Å². The van der Waals surface area contributed by atoms with Crippen LogP contribution in [-0.4, -0.2) is 44.6 Å². The van der Waals surface area contributed by atoms with Crippen molar-refractivity contribution in [1.82, 2.24) is 0 Å². The molecule has 0 aliphatic carbocycles. The van der Waals surface area contributed by atoms with Crippen LogP contribution in [0.4, 0.5) is 5.00 Å². The number of thiophene rings is 2. The van der Waals surface area contributed by atoms with Gasteiger partial charge in [0.2, 0.25) is 0 Å². The Hall–Kier alpha value is -2.72. The number of methoxy groups -OCH3 is 2. The van der Waals surface area contributed by atoms with Gasteiger partial charge in [-0.2, -0.15) is 0 Å². The van der Waals surface area contributed by atoms with Gasteiger partial charge in [0, 0.05) is 4.88 Å². The molecule has 2 aromatic heterocycles. The molecule has 0 radical (unpaired) electrons. The molecule has 27 heavy (non-hydrogen) atoms. The molecule has 144 valence electrons. The van der Waals surface area contributed by atoms with Gasteiger partial charge in [-0.3, -0.25) is 4.79 Å². The molecular formula is C17H17NO7S2. The van der Waals surface area contributed by atoms with Gasteiger partial charge in [-0.05, 0) is 31.5 Å². The third kappa shape index (κ3) is 4.72. The third-order valence-corrected chi connectivity index (χ3v) is 5.60. The number of anilines is 1. The van der Waals surface area contributed by atoms with E-state index in [4.69, 9.17) is 9.47 Å². The summed E-state index contributed by atoms with van der Waals surface area (Å²) in [5, 5.41) is 2.59. The van der Waals surface area contributed by atoms with E-state index in [9.17, 15) is 19.2 Å². The molecule has 0 aliphatic heterocycles. The topological polar surface area (TPSA) is 108 Å². The molecule has 8 nitrogen and oxygen atoms in total. The van der Waals surface area contributed by atoms with Crippen LogP contribution in [0, 0.1) is 13.8 Å². The molecular weight excluding hydrogens is 394 g/mol. The predicted octanol–water partition coefficient (Wildman–Crippen LogP) is 2.80. The smallest absolute Gasteiger partial charge is 0.348 e. The highest BCUT2D eigenvalue weighted by atomic mass is 32.1. The van der Waals surface area contributed by atoms with Crippen LogP contribution in [0.25, 0.3) is 0 Å². The molecule has 2 aromatic rings. The van der Waals surface area contributed by atoms with Gasteiger partial charge < -0.3 is 19.5 Å². The van der Waals surface area contributed by atoms with E-state index in [0.717, 1.165) is 16.2 Å². The first-order valence-corrected chi connectivity index (χ1v) is 9.25. The molecule has 0 fully saturated rings. The molecule has 0 atom stereocenters. The maximum atomic E-state index is 12.1. The maximum Gasteiger partial charge on any atom is 0.348 e. The highest BCUT2D eigenvalue weighted by molar-refractivity contribution is 7.18. The van der Waals surface area contributed by atoms with Gasteiger partial charge in [0.15, 0.2) is 6.61 Å². The standard InChI is InChI=1S/C17H17NO7S2/c1-8-5-6-10(26-8)15(20)25-7-11(19)18-14-12(16(21)23-3)9(2)13(27-14)17(22)24-4/h5-6H,7H2,1-4H3,(H,18,19). The number of rotatable bonds is 6. The van der Waals surface area contributed by atoms with Crippen molar-refractivity contribution in [2.75, 3.05) is 26.1 Å². The molecule has 0 aromatic carbocycles. The van der Waals surface area contributed by atoms with Crippen LogP contribution in [0.5, 0.6) is 0 Å². The highest BCUT2D eigenvalue weighted by Crippen LogP contribution is 2.34. The van der Waals surface area contributed by atoms with Crippen LogP contribution < -0.4 is 5.32 Å². The first-order chi connectivity index (χ1) is 12.8. The number of esters is 3. The molecule has 0 spiro atoms. The quantitative estimate of drug-likeness (QED) is 0.575. The Morgan fingerprint density at radius 3 is 2.19 bits per heavy atom. The van der Waals surface area contributed by atoms with Crippen molar-refractivity contribution < 1.29 is 33.4 Å². The number of ether oxygens (including phenoxy) is 3. The van der Waals surface area contributed by atoms with Crippen molar-refractivity contribution in [3.8, 4) is 0 Å². The summed E-state index contributed by atoms with van der Waals surface area (Å²) in [5.74, 6) is -2.61. The summed E-state index contributed by atoms with van der Waals surface area (Å²) >= 11 is 2.13. The van der Waals surface area contributed by atoms with Gasteiger partial charge in [-0.25, -0.2) is 14.4 Å². The zero-order valence-corrected chi connectivity index (χ0v) is 16.7. The lowest BCUT2D eigenvalue weighted by Gasteiger charge is -2.06. The molecule has 0 saturated heterocycles. The summed E-state index contributed by atoms with van der Waals surface area (Å²) in [4.78, 5) is 49.4. The molecule has 0 bridgehead atoms. The molecule has 1 amide bonds. The van der Waals surface area contributed by atoms with Crippen molar-refractivity contribution in [1.29, 1.82) is 0 Å². The van der Waals surface area contributed by atoms with Crippen LogP contribution in [0.3, 0.4) is 0 Å². The zero-order chi connectivity index (χ0) is 20.1. The normalized spacial score (nSPS) is 10.2. The molecule has 2 heterocycles. The average Bonchev–Trinajstić information content (AvgIpc) is 3.22. The third-order valence-electron chi connectivity index (χ3n) is 3.44. The number of aryl methyl sites for hydroxylation is 1. The zero-order valence-electron chi connectivity index (χ0n) is 15.0. The summed E-state index contributed by atoms with van der Waals surface area (Å²) in [7, 11) is 2.40. The van der Waals surface area contributed by atoms with Crippen molar-refractivity contribution in [2.24, 2.45) is 0 Å². The Labute approximate surface area is 163 Å². The average molecular weight is 411 g/mol. The first kappa shape index (κ1) is 20.6. The monoisotopic (exact) mass is 411 g/mol. The predicted molar refractivity (Wildman–Crippen MR) is 99.7 cm³/mol. The molecule has 0 unspecified atom stereocenters. The summed E-state index contributed by atoms with van der Waals surface area (Å²) in [6.45, 7) is 2.85. The number of nitrogens with one attached hydrogen (secondary N) is 1. The summed E-state index contributed by atoms with van der Waals surface area (Å²) in [6.07, 6.45) is 0. The van der Waals surface area contributed by atoms with Gasteiger partial charge in [0.1, 0.15) is 14.8 Å². The van der Waals surface area contributed by atoms with Gasteiger partial charge in [-0.1, -0.05) is 0 Å². The highest BCUT2D eigenvalue weighted by Gasteiger charge is 2.27. The summed E-state index contributed by atoms with van der Waals surface area (Å²) < 4.78 is 14.3. The Bertz CT molecular complexity index is 897. The minimum Gasteiger partial charge on any atom is -0.465 e. The Balaban J connectivity index is 2.13. The fourth-order valence-electron chi connectivity index (χ4n) is 2.15. The van der Waals surface area contributed by atoms with E-state index in [0.29, 0.717) is 10.4 Å². The second kappa shape index (κ2) is 8.78. The Morgan fingerprint density at radius 1 is 0.963 bits per heavy atom. The van der Waals surface area contributed by atoms with Gasteiger partial charge in [-0.15, -0.1) is 22.7 Å². The van der Waals surface area contributed by atoms with Crippen molar-refractivity contribution >= 4 is 51.5 Å². The van der Waals surface area contributed by atoms with E-state index in [2.05, 4.69) is 10.1 Å². The number of amides is 1. The fraction of sp³-hybridized carbons (Fsp3) is 0.294. The van der Waals surface area contributed by atoms with Crippen LogP contribution in [0.1, 0.15) is 40.1 Å². The van der Waals surface area contributed by atoms with Crippen LogP contribution >= 0.6 is 22.7 Å². The lowest BCUT2D eigenvalue weighted by Crippen LogP contribution is -2.21. The van der Waals surface area contributed by atoms with E-state index in [-0.39, 0.29) is 15.4 Å². The largest absolute Gasteiger partial charge is 0.465 e. The molecule has 0 aliphatic rings. The van der Waals surface area contributed by atoms with Gasteiger partial charge in [0.05, 0.1) is 19.8 Å². The van der Waals surface area contributed by atoms with Crippen LogP contribution in [0.15, 0.2) is 12.1 Å². The SMILES string of the molecule is COC(=O)c1sc(NC(=O)COC(=O)c2ccc(C)s2)c(C(=O)OC)c1C. The number of carbonyl (C=O) groups excluding carboxylic acids is 4. The van der Waals surface area contributed by atoms with E-state index < -0.39 is 30.4 Å². The second-order valence-corrected chi connectivity index (χ2v) is 7.59. The Kier molecular flexibility index (Phi) is 6.70. The summed E-state index contributed by atoms with van der Waals surface area (Å²) in [5.41, 5.74) is 0.386. The minimum absolute atomic E-state index is 0.0523. The van der Waals surface area contributed by atoms with Crippen LogP contribution in [0.2, 0.25) is 0 Å². The molecule has 10 heteroatoms. The fourth-order valence-corrected chi connectivity index (χ4v) is 4.04. The van der Waals surface area contributed by atoms with Gasteiger partial charge >= 0.3 is 17.9 Å². The van der Waals surface area contributed by atoms with Crippen LogP contribution in [-0.2, 0) is 19.0 Å². The maximum absolute atomic E-state index is 12.1. The lowest BCUT2D eigenvalue weighted by molar-refractivity contribution is -0.119. The van der Waals surface area contributed by atoms with E-state index in [1.807, 2.05) is 6.92 Å². The van der Waals surface area contributed by atoms with Crippen molar-refractivity contribution in [3.05, 3.63) is 37.9 Å². The van der Waals surface area contributed by atoms with Crippen molar-refractivity contribution in [3.63, 3.8) is 0 Å². The number of hydrogen-bond acceptors (Lipinski definition) is 9.